The van der Waals surface area contributed by atoms with Crippen molar-refractivity contribution >= 4 is 24.0 Å². The van der Waals surface area contributed by atoms with Crippen LogP contribution in [0.4, 0.5) is 4.39 Å². The number of halogens is 3. The third-order valence-electron chi connectivity index (χ3n) is 2.52. The maximum absolute atomic E-state index is 13.5. The van der Waals surface area contributed by atoms with E-state index in [1.807, 2.05) is 13.0 Å². The maximum Gasteiger partial charge on any atom is 0.145 e. The number of rotatable bonds is 0. The first-order valence-electron chi connectivity index (χ1n) is 4.40. The van der Waals surface area contributed by atoms with Crippen LogP contribution in [-0.2, 0) is 6.42 Å². The molecule has 0 spiro atoms. The Kier molecular flexibility index (Phi) is 3.76. The number of fused-ring (bicyclic) bond motifs is 1. The lowest BCUT2D eigenvalue weighted by atomic mass is 9.95. The Balaban J connectivity index is 0.000000980. The van der Waals surface area contributed by atoms with Gasteiger partial charge in [0.15, 0.2) is 0 Å². The molecule has 1 N–H and O–H groups in total. The van der Waals surface area contributed by atoms with Gasteiger partial charge in [-0.15, -0.1) is 12.4 Å². The van der Waals surface area contributed by atoms with Crippen molar-refractivity contribution in [2.45, 2.75) is 19.4 Å². The second-order valence-electron chi connectivity index (χ2n) is 3.35. The molecule has 0 saturated carbocycles. The summed E-state index contributed by atoms with van der Waals surface area (Å²) in [5, 5.41) is 3.50. The van der Waals surface area contributed by atoms with Gasteiger partial charge in [0.1, 0.15) is 5.82 Å². The van der Waals surface area contributed by atoms with Gasteiger partial charge < -0.3 is 5.32 Å². The Morgan fingerprint density at radius 1 is 1.50 bits per heavy atom. The van der Waals surface area contributed by atoms with Crippen LogP contribution in [0.1, 0.15) is 24.1 Å². The Labute approximate surface area is 94.1 Å². The highest BCUT2D eigenvalue weighted by atomic mass is 35.5. The Bertz CT molecular complexity index is 341. The number of benzene rings is 1. The number of hydrogen-bond donors (Lipinski definition) is 1. The molecular formula is C10H12Cl2FN. The standard InChI is InChI=1S/C10H11ClFN.ClH/c1-6-7-2-3-9(11)10(12)8(7)4-5-13-6;/h2-3,6,13H,4-5H2,1H3;1H. The fourth-order valence-electron chi connectivity index (χ4n) is 1.79. The van der Waals surface area contributed by atoms with E-state index >= 15 is 0 Å². The molecule has 1 aliphatic rings. The van der Waals surface area contributed by atoms with Crippen LogP contribution in [0.15, 0.2) is 12.1 Å². The largest absolute Gasteiger partial charge is 0.310 e. The van der Waals surface area contributed by atoms with Gasteiger partial charge in [-0.2, -0.15) is 0 Å². The van der Waals surface area contributed by atoms with Gasteiger partial charge in [-0.3, -0.25) is 0 Å². The van der Waals surface area contributed by atoms with Gasteiger partial charge in [0.05, 0.1) is 5.02 Å². The summed E-state index contributed by atoms with van der Waals surface area (Å²) >= 11 is 5.70. The van der Waals surface area contributed by atoms with E-state index in [9.17, 15) is 4.39 Å². The van der Waals surface area contributed by atoms with Crippen molar-refractivity contribution in [1.29, 1.82) is 0 Å². The van der Waals surface area contributed by atoms with Crippen LogP contribution in [0.2, 0.25) is 5.02 Å². The predicted octanol–water partition coefficient (Wildman–Crippen LogP) is 3.11. The van der Waals surface area contributed by atoms with E-state index in [4.69, 9.17) is 11.6 Å². The van der Waals surface area contributed by atoms with E-state index < -0.39 is 0 Å². The third-order valence-corrected chi connectivity index (χ3v) is 2.82. The molecule has 0 saturated heterocycles. The molecule has 0 fully saturated rings. The fourth-order valence-corrected chi connectivity index (χ4v) is 1.97. The molecule has 1 aromatic rings. The fraction of sp³-hybridized carbons (Fsp3) is 0.400. The van der Waals surface area contributed by atoms with Crippen molar-refractivity contribution in [3.63, 3.8) is 0 Å². The van der Waals surface area contributed by atoms with Crippen LogP contribution in [0.3, 0.4) is 0 Å². The lowest BCUT2D eigenvalue weighted by molar-refractivity contribution is 0.513. The minimum atomic E-state index is -0.243. The molecule has 1 heterocycles. The lowest BCUT2D eigenvalue weighted by Crippen LogP contribution is -2.28. The molecule has 0 bridgehead atoms. The molecule has 1 atom stereocenters. The molecule has 0 radical (unpaired) electrons. The second kappa shape index (κ2) is 4.47. The molecular weight excluding hydrogens is 224 g/mol. The van der Waals surface area contributed by atoms with Crippen molar-refractivity contribution in [2.75, 3.05) is 6.54 Å². The van der Waals surface area contributed by atoms with E-state index in [-0.39, 0.29) is 29.3 Å². The van der Waals surface area contributed by atoms with Crippen molar-refractivity contribution < 1.29 is 4.39 Å². The molecule has 4 heteroatoms. The summed E-state index contributed by atoms with van der Waals surface area (Å²) in [6.07, 6.45) is 0.728. The average Bonchev–Trinajstić information content (AvgIpc) is 2.12. The Morgan fingerprint density at radius 2 is 2.21 bits per heavy atom. The number of hydrogen-bond acceptors (Lipinski definition) is 1. The van der Waals surface area contributed by atoms with Gasteiger partial charge in [0.25, 0.3) is 0 Å². The zero-order chi connectivity index (χ0) is 9.42. The van der Waals surface area contributed by atoms with Gasteiger partial charge in [-0.05, 0) is 37.1 Å². The summed E-state index contributed by atoms with van der Waals surface area (Å²) in [4.78, 5) is 0. The molecule has 1 unspecified atom stereocenters. The van der Waals surface area contributed by atoms with Gasteiger partial charge >= 0.3 is 0 Å². The van der Waals surface area contributed by atoms with Crippen molar-refractivity contribution in [1.82, 2.24) is 5.32 Å². The normalized spacial score (nSPS) is 19.8. The minimum Gasteiger partial charge on any atom is -0.310 e. The van der Waals surface area contributed by atoms with Crippen LogP contribution in [0.25, 0.3) is 0 Å². The highest BCUT2D eigenvalue weighted by Crippen LogP contribution is 2.28. The molecule has 2 rings (SSSR count). The first kappa shape index (κ1) is 11.8. The van der Waals surface area contributed by atoms with E-state index in [0.29, 0.717) is 0 Å². The van der Waals surface area contributed by atoms with Crippen LogP contribution in [0, 0.1) is 5.82 Å². The summed E-state index contributed by atoms with van der Waals surface area (Å²) in [5.41, 5.74) is 1.81. The van der Waals surface area contributed by atoms with E-state index in [2.05, 4.69) is 5.32 Å². The molecule has 0 aromatic heterocycles. The SMILES string of the molecule is CC1NCCc2c1ccc(Cl)c2F.Cl. The highest BCUT2D eigenvalue weighted by Gasteiger charge is 2.19. The lowest BCUT2D eigenvalue weighted by Gasteiger charge is -2.24. The van der Waals surface area contributed by atoms with Crippen molar-refractivity contribution in [2.24, 2.45) is 0 Å². The second-order valence-corrected chi connectivity index (χ2v) is 3.76. The van der Waals surface area contributed by atoms with Crippen molar-refractivity contribution in [3.05, 3.63) is 34.1 Å². The summed E-state index contributed by atoms with van der Waals surface area (Å²) in [6.45, 7) is 2.86. The predicted molar refractivity (Wildman–Crippen MR) is 58.8 cm³/mol. The quantitative estimate of drug-likeness (QED) is 0.729. The maximum atomic E-state index is 13.5. The van der Waals surface area contributed by atoms with Crippen molar-refractivity contribution in [3.8, 4) is 0 Å². The van der Waals surface area contributed by atoms with Gasteiger partial charge in [0, 0.05) is 6.04 Å². The third kappa shape index (κ3) is 1.88. The molecule has 1 nitrogen and oxygen atoms in total. The smallest absolute Gasteiger partial charge is 0.145 e. The first-order valence-corrected chi connectivity index (χ1v) is 4.78. The summed E-state index contributed by atoms with van der Waals surface area (Å²) in [6, 6.07) is 3.76. The zero-order valence-electron chi connectivity index (χ0n) is 7.81. The summed E-state index contributed by atoms with van der Waals surface area (Å²) < 4.78 is 13.5. The molecule has 1 aliphatic heterocycles. The van der Waals surface area contributed by atoms with E-state index in [1.165, 1.54) is 0 Å². The minimum absolute atomic E-state index is 0. The molecule has 0 aliphatic carbocycles. The zero-order valence-corrected chi connectivity index (χ0v) is 9.38. The topological polar surface area (TPSA) is 12.0 Å². The van der Waals surface area contributed by atoms with Gasteiger partial charge in [-0.1, -0.05) is 17.7 Å². The van der Waals surface area contributed by atoms with Crippen LogP contribution in [-0.4, -0.2) is 6.54 Å². The molecule has 78 valence electrons. The Hall–Kier alpha value is -0.310. The van der Waals surface area contributed by atoms with Gasteiger partial charge in [0.2, 0.25) is 0 Å². The summed E-state index contributed by atoms with van der Waals surface area (Å²) in [5.74, 6) is -0.243. The highest BCUT2D eigenvalue weighted by molar-refractivity contribution is 6.30. The van der Waals surface area contributed by atoms with Crippen LogP contribution in [0.5, 0.6) is 0 Å². The molecule has 14 heavy (non-hydrogen) atoms. The van der Waals surface area contributed by atoms with Crippen LogP contribution >= 0.6 is 24.0 Å². The van der Waals surface area contributed by atoms with Crippen LogP contribution < -0.4 is 5.32 Å². The number of nitrogens with one attached hydrogen (secondary N) is 1. The monoisotopic (exact) mass is 235 g/mol. The van der Waals surface area contributed by atoms with E-state index in [0.717, 1.165) is 24.1 Å². The first-order chi connectivity index (χ1) is 6.20. The van der Waals surface area contributed by atoms with Gasteiger partial charge in [-0.25, -0.2) is 4.39 Å². The van der Waals surface area contributed by atoms with E-state index in [1.54, 1.807) is 6.07 Å². The molecule has 0 amide bonds. The average molecular weight is 236 g/mol. The summed E-state index contributed by atoms with van der Waals surface area (Å²) in [7, 11) is 0. The molecule has 1 aromatic carbocycles. The Morgan fingerprint density at radius 3 is 2.93 bits per heavy atom.